The minimum atomic E-state index is 0.406. The number of benzene rings is 1. The Morgan fingerprint density at radius 3 is 2.50 bits per heavy atom. The van der Waals surface area contributed by atoms with Crippen LogP contribution in [0.15, 0.2) is 36.4 Å². The van der Waals surface area contributed by atoms with E-state index in [4.69, 9.17) is 0 Å². The maximum absolute atomic E-state index is 11.1. The number of Topliss-reactive ketones (excluding diaryl/α,β-unsaturated/α-hetero) is 1. The van der Waals surface area contributed by atoms with Crippen LogP contribution in [0, 0.1) is 0 Å². The molecule has 2 rings (SSSR count). The van der Waals surface area contributed by atoms with Gasteiger partial charge in [0.25, 0.3) is 0 Å². The third-order valence-electron chi connectivity index (χ3n) is 2.89. The van der Waals surface area contributed by atoms with Crippen LogP contribution in [-0.2, 0) is 4.79 Å². The Bertz CT molecular complexity index is 360. The predicted octanol–water partition coefficient (Wildman–Crippen LogP) is 2.36. The number of ketones is 1. The smallest absolute Gasteiger partial charge is 0.135 e. The first-order valence-corrected chi connectivity index (χ1v) is 5.80. The van der Waals surface area contributed by atoms with Gasteiger partial charge in [0, 0.05) is 32.5 Å². The number of carbonyl (C=O) groups excluding carboxylic acids is 1. The van der Waals surface area contributed by atoms with Crippen LogP contribution in [0.5, 0.6) is 0 Å². The second kappa shape index (κ2) is 5.61. The van der Waals surface area contributed by atoms with Gasteiger partial charge >= 0.3 is 0 Å². The molecule has 0 radical (unpaired) electrons. The average Bonchev–Trinajstić information content (AvgIpc) is 2.33. The standard InChI is InChI=1S/C14H17NO/c16-14-8-11-15(12-9-14)10-4-7-13-5-2-1-3-6-13/h1-7H,8-12H2/b7-4+. The van der Waals surface area contributed by atoms with Crippen LogP contribution >= 0.6 is 0 Å². The van der Waals surface area contributed by atoms with E-state index in [1.165, 1.54) is 5.56 Å². The van der Waals surface area contributed by atoms with E-state index in [0.29, 0.717) is 5.78 Å². The Hall–Kier alpha value is -1.41. The molecule has 0 saturated carbocycles. The van der Waals surface area contributed by atoms with E-state index in [9.17, 15) is 4.79 Å². The van der Waals surface area contributed by atoms with Gasteiger partial charge in [-0.15, -0.1) is 0 Å². The predicted molar refractivity (Wildman–Crippen MR) is 66.2 cm³/mol. The molecular weight excluding hydrogens is 198 g/mol. The second-order valence-electron chi connectivity index (χ2n) is 4.15. The van der Waals surface area contributed by atoms with Gasteiger partial charge in [-0.25, -0.2) is 0 Å². The molecule has 1 fully saturated rings. The van der Waals surface area contributed by atoms with Crippen molar-refractivity contribution in [2.45, 2.75) is 12.8 Å². The fourth-order valence-corrected chi connectivity index (χ4v) is 1.89. The second-order valence-corrected chi connectivity index (χ2v) is 4.15. The Balaban J connectivity index is 1.79. The van der Waals surface area contributed by atoms with Crippen molar-refractivity contribution >= 4 is 11.9 Å². The summed E-state index contributed by atoms with van der Waals surface area (Å²) in [6, 6.07) is 10.3. The van der Waals surface area contributed by atoms with Crippen molar-refractivity contribution in [2.24, 2.45) is 0 Å². The molecule has 0 atom stereocenters. The summed E-state index contributed by atoms with van der Waals surface area (Å²) in [5.41, 5.74) is 1.23. The Morgan fingerprint density at radius 1 is 1.12 bits per heavy atom. The molecule has 0 spiro atoms. The molecule has 1 aliphatic rings. The fourth-order valence-electron chi connectivity index (χ4n) is 1.89. The molecule has 0 bridgehead atoms. The molecule has 1 aromatic rings. The van der Waals surface area contributed by atoms with Crippen molar-refractivity contribution in [3.05, 3.63) is 42.0 Å². The van der Waals surface area contributed by atoms with Crippen LogP contribution in [0.25, 0.3) is 6.08 Å². The molecule has 84 valence electrons. The normalized spacial score (nSPS) is 18.1. The Morgan fingerprint density at radius 2 is 1.81 bits per heavy atom. The summed E-state index contributed by atoms with van der Waals surface area (Å²) in [5.74, 6) is 0.406. The lowest BCUT2D eigenvalue weighted by molar-refractivity contribution is -0.121. The number of hydrogen-bond donors (Lipinski definition) is 0. The molecule has 1 aliphatic heterocycles. The first kappa shape index (κ1) is 11.1. The maximum Gasteiger partial charge on any atom is 0.135 e. The number of rotatable bonds is 3. The molecule has 1 aromatic carbocycles. The van der Waals surface area contributed by atoms with Gasteiger partial charge in [0.15, 0.2) is 0 Å². The van der Waals surface area contributed by atoms with Crippen LogP contribution in [0.3, 0.4) is 0 Å². The van der Waals surface area contributed by atoms with Gasteiger partial charge in [-0.05, 0) is 5.56 Å². The molecule has 0 N–H and O–H groups in total. The van der Waals surface area contributed by atoms with E-state index in [2.05, 4.69) is 29.2 Å². The SMILES string of the molecule is O=C1CCN(C/C=C/c2ccccc2)CC1. The molecular formula is C14H17NO. The number of piperidine rings is 1. The Labute approximate surface area is 96.6 Å². The zero-order valence-electron chi connectivity index (χ0n) is 9.43. The lowest BCUT2D eigenvalue weighted by atomic mass is 10.1. The van der Waals surface area contributed by atoms with Gasteiger partial charge < -0.3 is 0 Å². The number of hydrogen-bond acceptors (Lipinski definition) is 2. The highest BCUT2D eigenvalue weighted by Gasteiger charge is 2.14. The van der Waals surface area contributed by atoms with Crippen LogP contribution in [0.1, 0.15) is 18.4 Å². The quantitative estimate of drug-likeness (QED) is 0.771. The zero-order valence-corrected chi connectivity index (χ0v) is 9.43. The minimum absolute atomic E-state index is 0.406. The molecule has 2 nitrogen and oxygen atoms in total. The summed E-state index contributed by atoms with van der Waals surface area (Å²) in [7, 11) is 0. The third kappa shape index (κ3) is 3.31. The summed E-state index contributed by atoms with van der Waals surface area (Å²) in [6.07, 6.45) is 5.75. The zero-order chi connectivity index (χ0) is 11.2. The van der Waals surface area contributed by atoms with Gasteiger partial charge in [-0.3, -0.25) is 9.69 Å². The first-order valence-electron chi connectivity index (χ1n) is 5.80. The average molecular weight is 215 g/mol. The number of likely N-dealkylation sites (tertiary alicyclic amines) is 1. The van der Waals surface area contributed by atoms with Crippen molar-refractivity contribution in [1.82, 2.24) is 4.90 Å². The Kier molecular flexibility index (Phi) is 3.89. The minimum Gasteiger partial charge on any atom is -0.300 e. The monoisotopic (exact) mass is 215 g/mol. The molecule has 0 aliphatic carbocycles. The maximum atomic E-state index is 11.1. The summed E-state index contributed by atoms with van der Waals surface area (Å²) < 4.78 is 0. The molecule has 0 amide bonds. The van der Waals surface area contributed by atoms with E-state index in [1.54, 1.807) is 0 Å². The topological polar surface area (TPSA) is 20.3 Å². The number of nitrogens with zero attached hydrogens (tertiary/aromatic N) is 1. The van der Waals surface area contributed by atoms with E-state index < -0.39 is 0 Å². The van der Waals surface area contributed by atoms with Crippen molar-refractivity contribution in [1.29, 1.82) is 0 Å². The van der Waals surface area contributed by atoms with E-state index in [0.717, 1.165) is 32.5 Å². The lowest BCUT2D eigenvalue weighted by Gasteiger charge is -2.24. The highest BCUT2D eigenvalue weighted by Crippen LogP contribution is 2.06. The molecule has 1 saturated heterocycles. The van der Waals surface area contributed by atoms with Gasteiger partial charge in [0.05, 0.1) is 0 Å². The van der Waals surface area contributed by atoms with Gasteiger partial charge in [0.1, 0.15) is 5.78 Å². The number of carbonyl (C=O) groups is 1. The van der Waals surface area contributed by atoms with Crippen molar-refractivity contribution in [2.75, 3.05) is 19.6 Å². The third-order valence-corrected chi connectivity index (χ3v) is 2.89. The molecule has 0 aromatic heterocycles. The van der Waals surface area contributed by atoms with Gasteiger partial charge in [0.2, 0.25) is 0 Å². The largest absolute Gasteiger partial charge is 0.300 e. The fraction of sp³-hybridized carbons (Fsp3) is 0.357. The summed E-state index contributed by atoms with van der Waals surface area (Å²) in [5, 5.41) is 0. The van der Waals surface area contributed by atoms with E-state index in [1.807, 2.05) is 18.2 Å². The first-order chi connectivity index (χ1) is 7.84. The molecule has 2 heteroatoms. The van der Waals surface area contributed by atoms with Crippen molar-refractivity contribution in [3.8, 4) is 0 Å². The highest BCUT2D eigenvalue weighted by atomic mass is 16.1. The summed E-state index contributed by atoms with van der Waals surface area (Å²) >= 11 is 0. The van der Waals surface area contributed by atoms with Crippen LogP contribution in [0.4, 0.5) is 0 Å². The van der Waals surface area contributed by atoms with Crippen LogP contribution in [0.2, 0.25) is 0 Å². The van der Waals surface area contributed by atoms with Crippen molar-refractivity contribution < 1.29 is 4.79 Å². The highest BCUT2D eigenvalue weighted by molar-refractivity contribution is 5.79. The van der Waals surface area contributed by atoms with E-state index in [-0.39, 0.29) is 0 Å². The van der Waals surface area contributed by atoms with Gasteiger partial charge in [-0.2, -0.15) is 0 Å². The molecule has 0 unspecified atom stereocenters. The lowest BCUT2D eigenvalue weighted by Crippen LogP contribution is -2.33. The molecule has 16 heavy (non-hydrogen) atoms. The van der Waals surface area contributed by atoms with Crippen LogP contribution in [-0.4, -0.2) is 30.3 Å². The summed E-state index contributed by atoms with van der Waals surface area (Å²) in [4.78, 5) is 13.4. The van der Waals surface area contributed by atoms with Gasteiger partial charge in [-0.1, -0.05) is 42.5 Å². The van der Waals surface area contributed by atoms with E-state index >= 15 is 0 Å². The summed E-state index contributed by atoms with van der Waals surface area (Å²) in [6.45, 7) is 2.78. The molecule has 1 heterocycles. The van der Waals surface area contributed by atoms with Crippen molar-refractivity contribution in [3.63, 3.8) is 0 Å². The van der Waals surface area contributed by atoms with Crippen LogP contribution < -0.4 is 0 Å².